The molecular formula is C14H18BrNO2. The zero-order chi connectivity index (χ0) is 13.2. The molecule has 98 valence electrons. The van der Waals surface area contributed by atoms with Crippen molar-refractivity contribution in [2.24, 2.45) is 5.41 Å². The Balaban J connectivity index is 2.04. The number of esters is 1. The van der Waals surface area contributed by atoms with E-state index in [2.05, 4.69) is 34.2 Å². The third kappa shape index (κ3) is 2.53. The number of benzene rings is 1. The standard InChI is InChI=1S/C14H18BrNO2/c1-10-8-11(15)4-5-12(10)16-9-14(6-3-7-14)13(17)18-2/h4-5,8,16H,3,6-7,9H2,1-2H3. The second-order valence-electron chi connectivity index (χ2n) is 4.94. The fraction of sp³-hybridized carbons (Fsp3) is 0.500. The fourth-order valence-electron chi connectivity index (χ4n) is 2.36. The van der Waals surface area contributed by atoms with Crippen LogP contribution in [0.2, 0.25) is 0 Å². The number of nitrogens with one attached hydrogen (secondary N) is 1. The SMILES string of the molecule is COC(=O)C1(CNc2ccc(Br)cc2C)CCC1. The van der Waals surface area contributed by atoms with Gasteiger partial charge in [0.05, 0.1) is 12.5 Å². The van der Waals surface area contributed by atoms with Crippen molar-refractivity contribution in [1.82, 2.24) is 0 Å². The third-order valence-electron chi connectivity index (χ3n) is 3.73. The molecule has 0 spiro atoms. The van der Waals surface area contributed by atoms with E-state index in [0.717, 1.165) is 29.4 Å². The van der Waals surface area contributed by atoms with Gasteiger partial charge in [-0.3, -0.25) is 4.79 Å². The number of rotatable bonds is 4. The lowest BCUT2D eigenvalue weighted by Gasteiger charge is -2.39. The molecule has 0 bridgehead atoms. The van der Waals surface area contributed by atoms with Gasteiger partial charge in [-0.15, -0.1) is 0 Å². The Morgan fingerprint density at radius 1 is 1.50 bits per heavy atom. The first-order valence-electron chi connectivity index (χ1n) is 6.16. The van der Waals surface area contributed by atoms with Gasteiger partial charge in [0.1, 0.15) is 0 Å². The Morgan fingerprint density at radius 3 is 2.72 bits per heavy atom. The van der Waals surface area contributed by atoms with E-state index < -0.39 is 0 Å². The Hall–Kier alpha value is -1.03. The van der Waals surface area contributed by atoms with Crippen LogP contribution in [0.4, 0.5) is 5.69 Å². The monoisotopic (exact) mass is 311 g/mol. The molecule has 0 aromatic heterocycles. The van der Waals surface area contributed by atoms with Gasteiger partial charge in [-0.2, -0.15) is 0 Å². The number of aryl methyl sites for hydroxylation is 1. The van der Waals surface area contributed by atoms with Gasteiger partial charge < -0.3 is 10.1 Å². The Kier molecular flexibility index (Phi) is 3.95. The summed E-state index contributed by atoms with van der Waals surface area (Å²) in [5, 5.41) is 3.38. The molecule has 3 nitrogen and oxygen atoms in total. The minimum atomic E-state index is -0.311. The van der Waals surface area contributed by atoms with Crippen LogP contribution in [0.1, 0.15) is 24.8 Å². The Labute approximate surface area is 116 Å². The quantitative estimate of drug-likeness (QED) is 0.865. The molecule has 2 rings (SSSR count). The van der Waals surface area contributed by atoms with Gasteiger partial charge in [0, 0.05) is 16.7 Å². The summed E-state index contributed by atoms with van der Waals surface area (Å²) in [6, 6.07) is 6.10. The van der Waals surface area contributed by atoms with Gasteiger partial charge in [0.15, 0.2) is 0 Å². The van der Waals surface area contributed by atoms with Crippen LogP contribution in [-0.2, 0) is 9.53 Å². The van der Waals surface area contributed by atoms with E-state index in [1.165, 1.54) is 12.7 Å². The molecule has 18 heavy (non-hydrogen) atoms. The van der Waals surface area contributed by atoms with Gasteiger partial charge in [-0.1, -0.05) is 22.4 Å². The molecule has 0 atom stereocenters. The lowest BCUT2D eigenvalue weighted by molar-refractivity contribution is -0.157. The predicted molar refractivity (Wildman–Crippen MR) is 75.7 cm³/mol. The number of carbonyl (C=O) groups is 1. The normalized spacial score (nSPS) is 16.8. The number of hydrogen-bond donors (Lipinski definition) is 1. The molecule has 1 aromatic rings. The highest BCUT2D eigenvalue weighted by Crippen LogP contribution is 2.42. The van der Waals surface area contributed by atoms with Crippen molar-refractivity contribution >= 4 is 27.6 Å². The lowest BCUT2D eigenvalue weighted by atomic mass is 9.68. The first kappa shape index (κ1) is 13.4. The second-order valence-corrected chi connectivity index (χ2v) is 5.85. The van der Waals surface area contributed by atoms with Crippen molar-refractivity contribution < 1.29 is 9.53 Å². The van der Waals surface area contributed by atoms with E-state index in [4.69, 9.17) is 4.74 Å². The van der Waals surface area contributed by atoms with Crippen LogP contribution >= 0.6 is 15.9 Å². The molecule has 0 saturated heterocycles. The molecule has 0 amide bonds. The predicted octanol–water partition coefficient (Wildman–Crippen LogP) is 3.51. The van der Waals surface area contributed by atoms with E-state index in [9.17, 15) is 4.79 Å². The average Bonchev–Trinajstić information content (AvgIpc) is 2.29. The van der Waals surface area contributed by atoms with E-state index in [1.54, 1.807) is 0 Å². The van der Waals surface area contributed by atoms with Crippen LogP contribution < -0.4 is 5.32 Å². The molecule has 1 aromatic carbocycles. The first-order valence-corrected chi connectivity index (χ1v) is 6.95. The molecule has 0 unspecified atom stereocenters. The van der Waals surface area contributed by atoms with E-state index in [-0.39, 0.29) is 11.4 Å². The summed E-state index contributed by atoms with van der Waals surface area (Å²) >= 11 is 3.44. The number of hydrogen-bond acceptors (Lipinski definition) is 3. The molecule has 0 radical (unpaired) electrons. The molecule has 1 fully saturated rings. The molecule has 1 N–H and O–H groups in total. The van der Waals surface area contributed by atoms with E-state index in [1.807, 2.05) is 12.1 Å². The number of carbonyl (C=O) groups excluding carboxylic acids is 1. The third-order valence-corrected chi connectivity index (χ3v) is 4.23. The maximum absolute atomic E-state index is 11.8. The van der Waals surface area contributed by atoms with Crippen molar-refractivity contribution in [2.45, 2.75) is 26.2 Å². The molecule has 4 heteroatoms. The van der Waals surface area contributed by atoms with Gasteiger partial charge >= 0.3 is 5.97 Å². The second kappa shape index (κ2) is 5.31. The molecule has 1 aliphatic carbocycles. The topological polar surface area (TPSA) is 38.3 Å². The molecule has 0 aliphatic heterocycles. The van der Waals surface area contributed by atoms with Crippen LogP contribution in [0, 0.1) is 12.3 Å². The van der Waals surface area contributed by atoms with E-state index in [0.29, 0.717) is 6.54 Å². The summed E-state index contributed by atoms with van der Waals surface area (Å²) < 4.78 is 5.98. The van der Waals surface area contributed by atoms with Gasteiger partial charge in [-0.05, 0) is 43.5 Å². The van der Waals surface area contributed by atoms with Crippen LogP contribution in [0.25, 0.3) is 0 Å². The number of methoxy groups -OCH3 is 1. The van der Waals surface area contributed by atoms with Gasteiger partial charge in [0.2, 0.25) is 0 Å². The molecule has 1 saturated carbocycles. The Bertz CT molecular complexity index is 455. The summed E-state index contributed by atoms with van der Waals surface area (Å²) in [7, 11) is 1.47. The summed E-state index contributed by atoms with van der Waals surface area (Å²) in [6.07, 6.45) is 2.95. The average molecular weight is 312 g/mol. The van der Waals surface area contributed by atoms with Crippen LogP contribution in [0.5, 0.6) is 0 Å². The molecule has 0 heterocycles. The lowest BCUT2D eigenvalue weighted by Crippen LogP contribution is -2.44. The smallest absolute Gasteiger partial charge is 0.313 e. The summed E-state index contributed by atoms with van der Waals surface area (Å²) in [4.78, 5) is 11.8. The Morgan fingerprint density at radius 2 is 2.22 bits per heavy atom. The summed E-state index contributed by atoms with van der Waals surface area (Å²) in [5.74, 6) is -0.0870. The van der Waals surface area contributed by atoms with Crippen molar-refractivity contribution in [1.29, 1.82) is 0 Å². The highest BCUT2D eigenvalue weighted by molar-refractivity contribution is 9.10. The maximum atomic E-state index is 11.8. The largest absolute Gasteiger partial charge is 0.469 e. The number of halogens is 1. The highest BCUT2D eigenvalue weighted by atomic mass is 79.9. The zero-order valence-electron chi connectivity index (χ0n) is 10.8. The summed E-state index contributed by atoms with van der Waals surface area (Å²) in [5.41, 5.74) is 1.94. The molecular weight excluding hydrogens is 294 g/mol. The van der Waals surface area contributed by atoms with Gasteiger partial charge in [-0.25, -0.2) is 0 Å². The van der Waals surface area contributed by atoms with Crippen molar-refractivity contribution in [2.75, 3.05) is 19.0 Å². The van der Waals surface area contributed by atoms with Crippen LogP contribution in [-0.4, -0.2) is 19.6 Å². The minimum Gasteiger partial charge on any atom is -0.469 e. The minimum absolute atomic E-state index is 0.0870. The van der Waals surface area contributed by atoms with Crippen LogP contribution in [0.15, 0.2) is 22.7 Å². The number of ether oxygens (including phenoxy) is 1. The van der Waals surface area contributed by atoms with Crippen molar-refractivity contribution in [3.8, 4) is 0 Å². The fourth-order valence-corrected chi connectivity index (χ4v) is 2.84. The van der Waals surface area contributed by atoms with Gasteiger partial charge in [0.25, 0.3) is 0 Å². The van der Waals surface area contributed by atoms with Crippen LogP contribution in [0.3, 0.4) is 0 Å². The van der Waals surface area contributed by atoms with Crippen molar-refractivity contribution in [3.05, 3.63) is 28.2 Å². The first-order chi connectivity index (χ1) is 8.57. The van der Waals surface area contributed by atoms with E-state index >= 15 is 0 Å². The highest BCUT2D eigenvalue weighted by Gasteiger charge is 2.45. The summed E-state index contributed by atoms with van der Waals surface area (Å²) in [6.45, 7) is 2.71. The maximum Gasteiger partial charge on any atom is 0.313 e. The zero-order valence-corrected chi connectivity index (χ0v) is 12.3. The number of anilines is 1. The molecule has 1 aliphatic rings. The van der Waals surface area contributed by atoms with Crippen molar-refractivity contribution in [3.63, 3.8) is 0 Å².